The van der Waals surface area contributed by atoms with Gasteiger partial charge >= 0.3 is 0 Å². The van der Waals surface area contributed by atoms with E-state index in [1.807, 2.05) is 30.3 Å². The number of nitrogens with zero attached hydrogens (tertiary/aromatic N) is 1. The van der Waals surface area contributed by atoms with Crippen molar-refractivity contribution in [3.05, 3.63) is 59.7 Å². The predicted molar refractivity (Wildman–Crippen MR) is 100 cm³/mol. The fourth-order valence-corrected chi connectivity index (χ4v) is 2.95. The van der Waals surface area contributed by atoms with E-state index < -0.39 is 6.10 Å². The third-order valence-electron chi connectivity index (χ3n) is 4.46. The summed E-state index contributed by atoms with van der Waals surface area (Å²) >= 11 is 0. The first kappa shape index (κ1) is 18.9. The van der Waals surface area contributed by atoms with Crippen LogP contribution in [-0.2, 0) is 9.53 Å². The quantitative estimate of drug-likeness (QED) is 0.733. The standard InChI is InChI=1S/C21H23NO5/c1-15(23)17-8-9-18(19(14-17)25-2)27-20(16-6-4-3-5-7-16)21(24)22-10-12-26-13-11-22/h3-9,14,20H,10-13H2,1-2H3/t20-/m1/s1. The molecule has 1 atom stereocenters. The summed E-state index contributed by atoms with van der Waals surface area (Å²) in [5.74, 6) is 0.641. The largest absolute Gasteiger partial charge is 0.493 e. The van der Waals surface area contributed by atoms with E-state index >= 15 is 0 Å². The molecule has 1 amide bonds. The number of morpholine rings is 1. The number of carbonyl (C=O) groups excluding carboxylic acids is 2. The van der Waals surface area contributed by atoms with Crippen LogP contribution in [0.25, 0.3) is 0 Å². The minimum Gasteiger partial charge on any atom is -0.493 e. The van der Waals surface area contributed by atoms with E-state index in [9.17, 15) is 9.59 Å². The lowest BCUT2D eigenvalue weighted by Crippen LogP contribution is -2.44. The highest BCUT2D eigenvalue weighted by molar-refractivity contribution is 5.94. The van der Waals surface area contributed by atoms with Crippen molar-refractivity contribution in [3.8, 4) is 11.5 Å². The van der Waals surface area contributed by atoms with Gasteiger partial charge in [0, 0.05) is 24.2 Å². The van der Waals surface area contributed by atoms with E-state index in [1.165, 1.54) is 14.0 Å². The molecule has 0 N–H and O–H groups in total. The average molecular weight is 369 g/mol. The van der Waals surface area contributed by atoms with Gasteiger partial charge in [-0.05, 0) is 25.1 Å². The van der Waals surface area contributed by atoms with Crippen molar-refractivity contribution >= 4 is 11.7 Å². The maximum absolute atomic E-state index is 13.1. The Kier molecular flexibility index (Phi) is 6.08. The summed E-state index contributed by atoms with van der Waals surface area (Å²) in [5, 5.41) is 0. The summed E-state index contributed by atoms with van der Waals surface area (Å²) in [6.07, 6.45) is -0.804. The smallest absolute Gasteiger partial charge is 0.268 e. The van der Waals surface area contributed by atoms with Gasteiger partial charge in [0.25, 0.3) is 5.91 Å². The molecule has 0 radical (unpaired) electrons. The van der Waals surface area contributed by atoms with Crippen molar-refractivity contribution in [2.45, 2.75) is 13.0 Å². The molecule has 0 spiro atoms. The van der Waals surface area contributed by atoms with Crippen molar-refractivity contribution < 1.29 is 23.8 Å². The highest BCUT2D eigenvalue weighted by Gasteiger charge is 2.29. The summed E-state index contributed by atoms with van der Waals surface area (Å²) in [5.41, 5.74) is 1.28. The fraction of sp³-hybridized carbons (Fsp3) is 0.333. The first-order valence-corrected chi connectivity index (χ1v) is 8.87. The third kappa shape index (κ3) is 4.46. The normalized spacial score (nSPS) is 15.1. The van der Waals surface area contributed by atoms with Crippen LogP contribution < -0.4 is 9.47 Å². The second kappa shape index (κ2) is 8.68. The van der Waals surface area contributed by atoms with Crippen LogP contribution in [0.3, 0.4) is 0 Å². The van der Waals surface area contributed by atoms with E-state index in [4.69, 9.17) is 14.2 Å². The summed E-state index contributed by atoms with van der Waals surface area (Å²) in [6.45, 7) is 3.59. The molecule has 6 heteroatoms. The molecule has 1 aliphatic rings. The number of amides is 1. The van der Waals surface area contributed by atoms with Gasteiger partial charge in [0.05, 0.1) is 20.3 Å². The number of ether oxygens (including phenoxy) is 3. The Bertz CT molecular complexity index is 799. The van der Waals surface area contributed by atoms with Crippen LogP contribution in [0.15, 0.2) is 48.5 Å². The first-order chi connectivity index (χ1) is 13.1. The Hall–Kier alpha value is -2.86. The Morgan fingerprint density at radius 3 is 2.37 bits per heavy atom. The number of carbonyl (C=O) groups is 2. The number of benzene rings is 2. The molecule has 0 bridgehead atoms. The van der Waals surface area contributed by atoms with Crippen LogP contribution in [0.4, 0.5) is 0 Å². The van der Waals surface area contributed by atoms with Crippen LogP contribution in [-0.4, -0.2) is 50.0 Å². The Morgan fingerprint density at radius 2 is 1.74 bits per heavy atom. The lowest BCUT2D eigenvalue weighted by molar-refractivity contribution is -0.143. The maximum atomic E-state index is 13.1. The molecular formula is C21H23NO5. The molecule has 0 saturated carbocycles. The predicted octanol–water partition coefficient (Wildman–Crippen LogP) is 2.88. The molecule has 3 rings (SSSR count). The van der Waals surface area contributed by atoms with Gasteiger partial charge in [-0.25, -0.2) is 0 Å². The molecule has 2 aromatic carbocycles. The van der Waals surface area contributed by atoms with E-state index in [-0.39, 0.29) is 11.7 Å². The Balaban J connectivity index is 1.92. The van der Waals surface area contributed by atoms with E-state index in [1.54, 1.807) is 23.1 Å². The number of rotatable bonds is 6. The van der Waals surface area contributed by atoms with Crippen LogP contribution in [0.1, 0.15) is 28.9 Å². The SMILES string of the molecule is COc1cc(C(C)=O)ccc1O[C@@H](C(=O)N1CCOCC1)c1ccccc1. The van der Waals surface area contributed by atoms with Crippen molar-refractivity contribution in [1.29, 1.82) is 0 Å². The van der Waals surface area contributed by atoms with Crippen LogP contribution in [0.5, 0.6) is 11.5 Å². The molecule has 1 fully saturated rings. The zero-order chi connectivity index (χ0) is 19.2. The lowest BCUT2D eigenvalue weighted by Gasteiger charge is -2.31. The van der Waals surface area contributed by atoms with Gasteiger partial charge in [-0.2, -0.15) is 0 Å². The second-order valence-corrected chi connectivity index (χ2v) is 6.27. The zero-order valence-electron chi connectivity index (χ0n) is 15.5. The summed E-state index contributed by atoms with van der Waals surface area (Å²) in [6, 6.07) is 14.3. The van der Waals surface area contributed by atoms with Crippen LogP contribution in [0.2, 0.25) is 0 Å². The molecule has 27 heavy (non-hydrogen) atoms. The molecular weight excluding hydrogens is 346 g/mol. The molecule has 0 aliphatic carbocycles. The van der Waals surface area contributed by atoms with Gasteiger partial charge in [0.15, 0.2) is 17.3 Å². The molecule has 0 unspecified atom stereocenters. The van der Waals surface area contributed by atoms with Gasteiger partial charge in [-0.3, -0.25) is 9.59 Å². The zero-order valence-corrected chi connectivity index (χ0v) is 15.5. The molecule has 2 aromatic rings. The summed E-state index contributed by atoms with van der Waals surface area (Å²) < 4.78 is 16.8. The van der Waals surface area contributed by atoms with Gasteiger partial charge in [0.1, 0.15) is 0 Å². The van der Waals surface area contributed by atoms with Gasteiger partial charge in [0.2, 0.25) is 6.10 Å². The monoisotopic (exact) mass is 369 g/mol. The van der Waals surface area contributed by atoms with Gasteiger partial charge in [-0.15, -0.1) is 0 Å². The lowest BCUT2D eigenvalue weighted by atomic mass is 10.1. The highest BCUT2D eigenvalue weighted by atomic mass is 16.5. The third-order valence-corrected chi connectivity index (χ3v) is 4.46. The van der Waals surface area contributed by atoms with Crippen molar-refractivity contribution in [1.82, 2.24) is 4.90 Å². The van der Waals surface area contributed by atoms with E-state index in [0.717, 1.165) is 5.56 Å². The molecule has 6 nitrogen and oxygen atoms in total. The number of ketones is 1. The Labute approximate surface area is 158 Å². The fourth-order valence-electron chi connectivity index (χ4n) is 2.95. The van der Waals surface area contributed by atoms with Gasteiger partial charge < -0.3 is 19.1 Å². The number of hydrogen-bond donors (Lipinski definition) is 0. The maximum Gasteiger partial charge on any atom is 0.268 e. The molecule has 142 valence electrons. The number of methoxy groups -OCH3 is 1. The second-order valence-electron chi connectivity index (χ2n) is 6.27. The highest BCUT2D eigenvalue weighted by Crippen LogP contribution is 2.33. The molecule has 1 heterocycles. The molecule has 0 aromatic heterocycles. The number of hydrogen-bond acceptors (Lipinski definition) is 5. The number of Topliss-reactive ketones (excluding diaryl/α,β-unsaturated/α-hetero) is 1. The topological polar surface area (TPSA) is 65.1 Å². The summed E-state index contributed by atoms with van der Waals surface area (Å²) in [7, 11) is 1.51. The van der Waals surface area contributed by atoms with Crippen LogP contribution in [0, 0.1) is 0 Å². The van der Waals surface area contributed by atoms with E-state index in [2.05, 4.69) is 0 Å². The Morgan fingerprint density at radius 1 is 1.04 bits per heavy atom. The molecule has 1 saturated heterocycles. The first-order valence-electron chi connectivity index (χ1n) is 8.87. The molecule has 1 aliphatic heterocycles. The van der Waals surface area contributed by atoms with E-state index in [0.29, 0.717) is 43.4 Å². The average Bonchev–Trinajstić information content (AvgIpc) is 2.72. The van der Waals surface area contributed by atoms with Crippen molar-refractivity contribution in [3.63, 3.8) is 0 Å². The summed E-state index contributed by atoms with van der Waals surface area (Å²) in [4.78, 5) is 26.5. The van der Waals surface area contributed by atoms with Crippen molar-refractivity contribution in [2.75, 3.05) is 33.4 Å². The minimum atomic E-state index is -0.804. The van der Waals surface area contributed by atoms with Gasteiger partial charge in [-0.1, -0.05) is 30.3 Å². The van der Waals surface area contributed by atoms with Crippen molar-refractivity contribution in [2.24, 2.45) is 0 Å². The minimum absolute atomic E-state index is 0.0659. The van der Waals surface area contributed by atoms with Crippen LogP contribution >= 0.6 is 0 Å².